The molecule has 0 saturated heterocycles. The van der Waals surface area contributed by atoms with E-state index in [0.717, 1.165) is 11.3 Å². The lowest BCUT2D eigenvalue weighted by molar-refractivity contribution is 0.0930. The van der Waals surface area contributed by atoms with Crippen LogP contribution in [0.4, 0.5) is 0 Å². The number of aromatic nitrogens is 1. The molecule has 0 radical (unpaired) electrons. The molecule has 5 heteroatoms. The van der Waals surface area contributed by atoms with E-state index in [1.165, 1.54) is 6.92 Å². The number of Topliss-reactive ketones (excluding diaryl/α,β-unsaturated/α-hetero) is 2. The molecule has 0 aliphatic rings. The van der Waals surface area contributed by atoms with Crippen molar-refractivity contribution in [2.24, 2.45) is 0 Å². The van der Waals surface area contributed by atoms with Gasteiger partial charge >= 0.3 is 0 Å². The van der Waals surface area contributed by atoms with E-state index in [4.69, 9.17) is 5.11 Å². The van der Waals surface area contributed by atoms with E-state index in [2.05, 4.69) is 4.98 Å². The topological polar surface area (TPSA) is 73.4 Å². The summed E-state index contributed by atoms with van der Waals surface area (Å²) in [5.74, 6) is -0.0724. The number of nitrogens with one attached hydrogen (secondary N) is 1. The summed E-state index contributed by atoms with van der Waals surface area (Å²) in [7, 11) is 1.78. The van der Waals surface area contributed by atoms with Crippen LogP contribution in [-0.4, -0.2) is 53.3 Å². The summed E-state index contributed by atoms with van der Waals surface area (Å²) in [4.78, 5) is 28.7. The Kier molecular flexibility index (Phi) is 5.44. The van der Waals surface area contributed by atoms with Crippen LogP contribution in [0.2, 0.25) is 0 Å². The Morgan fingerprint density at radius 1 is 1.37 bits per heavy atom. The first-order valence-electron chi connectivity index (χ1n) is 6.47. The maximum Gasteiger partial charge on any atom is 0.193 e. The van der Waals surface area contributed by atoms with Crippen LogP contribution in [0.1, 0.15) is 46.0 Å². The second-order valence-corrected chi connectivity index (χ2v) is 4.77. The van der Waals surface area contributed by atoms with Gasteiger partial charge in [0.2, 0.25) is 0 Å². The number of aromatic amines is 1. The number of aryl methyl sites for hydroxylation is 1. The predicted molar refractivity (Wildman–Crippen MR) is 73.8 cm³/mol. The standard InChI is InChI=1S/C14H22N2O3/c1-5-11-13(10(3)18)9(2)15-14(11)12(19)8-16(4)6-7-17/h15,17H,5-8H2,1-4H3. The van der Waals surface area contributed by atoms with Crippen molar-refractivity contribution in [1.29, 1.82) is 0 Å². The zero-order valence-corrected chi connectivity index (χ0v) is 12.0. The molecule has 0 aliphatic heterocycles. The first kappa shape index (κ1) is 15.6. The lowest BCUT2D eigenvalue weighted by Crippen LogP contribution is -2.29. The minimum absolute atomic E-state index is 0.0200. The molecule has 0 fully saturated rings. The summed E-state index contributed by atoms with van der Waals surface area (Å²) >= 11 is 0. The summed E-state index contributed by atoms with van der Waals surface area (Å²) in [5, 5.41) is 8.84. The molecule has 19 heavy (non-hydrogen) atoms. The van der Waals surface area contributed by atoms with Gasteiger partial charge in [0.1, 0.15) is 0 Å². The Bertz CT molecular complexity index is 477. The molecule has 106 valence electrons. The zero-order chi connectivity index (χ0) is 14.6. The van der Waals surface area contributed by atoms with Gasteiger partial charge in [0, 0.05) is 17.8 Å². The van der Waals surface area contributed by atoms with E-state index in [0.29, 0.717) is 24.2 Å². The van der Waals surface area contributed by atoms with Crippen LogP contribution in [0, 0.1) is 6.92 Å². The lowest BCUT2D eigenvalue weighted by Gasteiger charge is -2.13. The average Bonchev–Trinajstić information content (AvgIpc) is 2.66. The van der Waals surface area contributed by atoms with E-state index >= 15 is 0 Å². The van der Waals surface area contributed by atoms with Crippen molar-refractivity contribution in [2.75, 3.05) is 26.7 Å². The number of hydrogen-bond donors (Lipinski definition) is 2. The van der Waals surface area contributed by atoms with Crippen LogP contribution in [0.15, 0.2) is 0 Å². The second-order valence-electron chi connectivity index (χ2n) is 4.77. The summed E-state index contributed by atoms with van der Waals surface area (Å²) < 4.78 is 0. The summed E-state index contributed by atoms with van der Waals surface area (Å²) in [6, 6.07) is 0. The Morgan fingerprint density at radius 2 is 2.00 bits per heavy atom. The smallest absolute Gasteiger partial charge is 0.193 e. The van der Waals surface area contributed by atoms with Crippen LogP contribution in [0.25, 0.3) is 0 Å². The molecule has 0 bridgehead atoms. The van der Waals surface area contributed by atoms with Crippen molar-refractivity contribution in [3.05, 3.63) is 22.5 Å². The van der Waals surface area contributed by atoms with E-state index in [9.17, 15) is 9.59 Å². The van der Waals surface area contributed by atoms with Gasteiger partial charge < -0.3 is 10.1 Å². The predicted octanol–water partition coefficient (Wildman–Crippen LogP) is 1.19. The Balaban J connectivity index is 3.04. The molecule has 0 unspecified atom stereocenters. The van der Waals surface area contributed by atoms with Crippen molar-refractivity contribution in [3.63, 3.8) is 0 Å². The maximum absolute atomic E-state index is 12.2. The Labute approximate surface area is 113 Å². The lowest BCUT2D eigenvalue weighted by atomic mass is 10.0. The molecule has 0 aliphatic carbocycles. The van der Waals surface area contributed by atoms with Gasteiger partial charge in [0.25, 0.3) is 0 Å². The first-order valence-corrected chi connectivity index (χ1v) is 6.47. The highest BCUT2D eigenvalue weighted by Crippen LogP contribution is 2.20. The number of rotatable bonds is 7. The SMILES string of the molecule is CCc1c(C(=O)CN(C)CCO)[nH]c(C)c1C(C)=O. The minimum atomic E-state index is -0.0524. The van der Waals surface area contributed by atoms with Gasteiger partial charge in [0.05, 0.1) is 18.8 Å². The molecule has 0 atom stereocenters. The van der Waals surface area contributed by atoms with Gasteiger partial charge in [0.15, 0.2) is 11.6 Å². The van der Waals surface area contributed by atoms with Crippen LogP contribution >= 0.6 is 0 Å². The van der Waals surface area contributed by atoms with Gasteiger partial charge in [-0.15, -0.1) is 0 Å². The molecule has 1 aromatic heterocycles. The van der Waals surface area contributed by atoms with E-state index < -0.39 is 0 Å². The number of aliphatic hydroxyl groups excluding tert-OH is 1. The van der Waals surface area contributed by atoms with Crippen molar-refractivity contribution >= 4 is 11.6 Å². The summed E-state index contributed by atoms with van der Waals surface area (Å²) in [6.07, 6.45) is 0.643. The summed E-state index contributed by atoms with van der Waals surface area (Å²) in [5.41, 5.74) is 2.70. The van der Waals surface area contributed by atoms with Crippen molar-refractivity contribution in [3.8, 4) is 0 Å². The average molecular weight is 266 g/mol. The van der Waals surface area contributed by atoms with Gasteiger partial charge in [-0.25, -0.2) is 0 Å². The monoisotopic (exact) mass is 266 g/mol. The van der Waals surface area contributed by atoms with Crippen LogP contribution in [0.5, 0.6) is 0 Å². The molecule has 0 saturated carbocycles. The molecule has 0 amide bonds. The Morgan fingerprint density at radius 3 is 2.47 bits per heavy atom. The molecule has 5 nitrogen and oxygen atoms in total. The van der Waals surface area contributed by atoms with Gasteiger partial charge in [-0.2, -0.15) is 0 Å². The molecular weight excluding hydrogens is 244 g/mol. The van der Waals surface area contributed by atoms with Gasteiger partial charge in [-0.05, 0) is 32.9 Å². The van der Waals surface area contributed by atoms with Crippen LogP contribution < -0.4 is 0 Å². The highest BCUT2D eigenvalue weighted by molar-refractivity contribution is 6.04. The normalized spacial score (nSPS) is 11.1. The summed E-state index contributed by atoms with van der Waals surface area (Å²) in [6.45, 7) is 5.96. The third kappa shape index (κ3) is 3.52. The van der Waals surface area contributed by atoms with E-state index in [1.54, 1.807) is 11.9 Å². The minimum Gasteiger partial charge on any atom is -0.395 e. The third-order valence-corrected chi connectivity index (χ3v) is 3.17. The number of nitrogens with zero attached hydrogens (tertiary/aromatic N) is 1. The first-order chi connectivity index (χ1) is 8.92. The number of carbonyl (C=O) groups is 2. The third-order valence-electron chi connectivity index (χ3n) is 3.17. The van der Waals surface area contributed by atoms with Crippen molar-refractivity contribution in [1.82, 2.24) is 9.88 Å². The van der Waals surface area contributed by atoms with Crippen LogP contribution in [-0.2, 0) is 6.42 Å². The molecule has 1 heterocycles. The quantitative estimate of drug-likeness (QED) is 0.727. The highest BCUT2D eigenvalue weighted by atomic mass is 16.3. The number of carbonyl (C=O) groups excluding carboxylic acids is 2. The maximum atomic E-state index is 12.2. The second kappa shape index (κ2) is 6.63. The van der Waals surface area contributed by atoms with Gasteiger partial charge in [-0.3, -0.25) is 14.5 Å². The molecule has 0 aromatic carbocycles. The fraction of sp³-hybridized carbons (Fsp3) is 0.571. The Hall–Kier alpha value is -1.46. The fourth-order valence-electron chi connectivity index (χ4n) is 2.32. The van der Waals surface area contributed by atoms with E-state index in [-0.39, 0.29) is 24.7 Å². The highest BCUT2D eigenvalue weighted by Gasteiger charge is 2.21. The van der Waals surface area contributed by atoms with Crippen molar-refractivity contribution in [2.45, 2.75) is 27.2 Å². The van der Waals surface area contributed by atoms with Gasteiger partial charge in [-0.1, -0.05) is 6.92 Å². The number of aliphatic hydroxyl groups is 1. The molecule has 1 aromatic rings. The number of likely N-dealkylation sites (N-methyl/N-ethyl adjacent to an activating group) is 1. The zero-order valence-electron chi connectivity index (χ0n) is 12.0. The van der Waals surface area contributed by atoms with Crippen molar-refractivity contribution < 1.29 is 14.7 Å². The van der Waals surface area contributed by atoms with E-state index in [1.807, 2.05) is 13.8 Å². The van der Waals surface area contributed by atoms with Crippen LogP contribution in [0.3, 0.4) is 0 Å². The number of ketones is 2. The molecule has 0 spiro atoms. The molecule has 2 N–H and O–H groups in total. The fourth-order valence-corrected chi connectivity index (χ4v) is 2.32. The molecule has 1 rings (SSSR count). The molecular formula is C14H22N2O3. The largest absolute Gasteiger partial charge is 0.395 e. The number of hydrogen-bond acceptors (Lipinski definition) is 4. The number of H-pyrrole nitrogens is 1.